The lowest BCUT2D eigenvalue weighted by Gasteiger charge is -2.04. The van der Waals surface area contributed by atoms with E-state index >= 15 is 0 Å². The van der Waals surface area contributed by atoms with Crippen LogP contribution >= 0.6 is 12.2 Å². The molecule has 3 nitrogen and oxygen atoms in total. The van der Waals surface area contributed by atoms with E-state index in [0.717, 1.165) is 38.1 Å². The van der Waals surface area contributed by atoms with Crippen LogP contribution in [0.1, 0.15) is 31.3 Å². The Morgan fingerprint density at radius 1 is 1.47 bits per heavy atom. The van der Waals surface area contributed by atoms with Gasteiger partial charge in [0.05, 0.1) is 0 Å². The standard InChI is InChI=1S/C11H18N2OS/c1-3-5-9-8-11(15)13-10(12-9)6-4-7-14-2/h8H,3-7H2,1-2H3,(H,12,13,15). The Kier molecular flexibility index (Phi) is 5.50. The number of ether oxygens (including phenoxy) is 1. The third kappa shape index (κ3) is 4.53. The van der Waals surface area contributed by atoms with E-state index in [4.69, 9.17) is 17.0 Å². The van der Waals surface area contributed by atoms with Crippen LogP contribution in [0.5, 0.6) is 0 Å². The zero-order valence-corrected chi connectivity index (χ0v) is 10.2. The van der Waals surface area contributed by atoms with E-state index in [2.05, 4.69) is 16.9 Å². The van der Waals surface area contributed by atoms with Gasteiger partial charge in [0, 0.05) is 25.8 Å². The number of nitrogens with one attached hydrogen (secondary N) is 1. The normalized spacial score (nSPS) is 10.5. The molecule has 1 rings (SSSR count). The molecule has 0 saturated heterocycles. The molecule has 0 radical (unpaired) electrons. The van der Waals surface area contributed by atoms with Crippen molar-refractivity contribution in [2.75, 3.05) is 13.7 Å². The monoisotopic (exact) mass is 226 g/mol. The topological polar surface area (TPSA) is 37.9 Å². The Morgan fingerprint density at radius 2 is 2.27 bits per heavy atom. The number of methoxy groups -OCH3 is 1. The number of hydrogen-bond acceptors (Lipinski definition) is 3. The van der Waals surface area contributed by atoms with E-state index in [9.17, 15) is 0 Å². The fraction of sp³-hybridized carbons (Fsp3) is 0.636. The number of nitrogens with zero attached hydrogens (tertiary/aromatic N) is 1. The van der Waals surface area contributed by atoms with Gasteiger partial charge in [-0.3, -0.25) is 0 Å². The van der Waals surface area contributed by atoms with Crippen LogP contribution in [-0.2, 0) is 17.6 Å². The van der Waals surface area contributed by atoms with Gasteiger partial charge < -0.3 is 9.72 Å². The summed E-state index contributed by atoms with van der Waals surface area (Å²) in [6.45, 7) is 2.92. The number of aryl methyl sites for hydroxylation is 2. The molecule has 0 aliphatic heterocycles. The highest BCUT2D eigenvalue weighted by molar-refractivity contribution is 7.71. The van der Waals surface area contributed by atoms with Crippen molar-refractivity contribution in [1.29, 1.82) is 0 Å². The van der Waals surface area contributed by atoms with Gasteiger partial charge >= 0.3 is 0 Å². The van der Waals surface area contributed by atoms with E-state index in [1.54, 1.807) is 7.11 Å². The predicted molar refractivity (Wildman–Crippen MR) is 63.6 cm³/mol. The maximum Gasteiger partial charge on any atom is 0.129 e. The molecular formula is C11H18N2OS. The molecule has 84 valence electrons. The average molecular weight is 226 g/mol. The molecule has 1 N–H and O–H groups in total. The summed E-state index contributed by atoms with van der Waals surface area (Å²) in [5, 5.41) is 0. The summed E-state index contributed by atoms with van der Waals surface area (Å²) in [6, 6.07) is 1.94. The molecule has 0 amide bonds. The number of aromatic nitrogens is 2. The van der Waals surface area contributed by atoms with Crippen LogP contribution in [0, 0.1) is 4.64 Å². The van der Waals surface area contributed by atoms with Crippen molar-refractivity contribution in [3.05, 3.63) is 22.2 Å². The van der Waals surface area contributed by atoms with Crippen molar-refractivity contribution in [3.8, 4) is 0 Å². The molecule has 0 aliphatic rings. The van der Waals surface area contributed by atoms with Crippen molar-refractivity contribution in [3.63, 3.8) is 0 Å². The zero-order valence-electron chi connectivity index (χ0n) is 9.38. The van der Waals surface area contributed by atoms with Gasteiger partial charge in [-0.2, -0.15) is 0 Å². The summed E-state index contributed by atoms with van der Waals surface area (Å²) in [4.78, 5) is 7.60. The highest BCUT2D eigenvalue weighted by atomic mass is 32.1. The van der Waals surface area contributed by atoms with Gasteiger partial charge in [0.25, 0.3) is 0 Å². The number of rotatable bonds is 6. The van der Waals surface area contributed by atoms with E-state index in [1.165, 1.54) is 5.69 Å². The Labute approximate surface area is 95.9 Å². The van der Waals surface area contributed by atoms with E-state index in [-0.39, 0.29) is 0 Å². The van der Waals surface area contributed by atoms with Crippen LogP contribution < -0.4 is 0 Å². The Bertz CT molecular complexity index is 349. The summed E-state index contributed by atoms with van der Waals surface area (Å²) in [5.74, 6) is 0.975. The molecule has 15 heavy (non-hydrogen) atoms. The average Bonchev–Trinajstić information content (AvgIpc) is 2.18. The molecule has 1 aromatic heterocycles. The largest absolute Gasteiger partial charge is 0.385 e. The van der Waals surface area contributed by atoms with E-state index < -0.39 is 0 Å². The van der Waals surface area contributed by atoms with Crippen molar-refractivity contribution < 1.29 is 4.74 Å². The second kappa shape index (κ2) is 6.69. The quantitative estimate of drug-likeness (QED) is 0.598. The van der Waals surface area contributed by atoms with E-state index in [0.29, 0.717) is 4.64 Å². The highest BCUT2D eigenvalue weighted by Crippen LogP contribution is 2.03. The van der Waals surface area contributed by atoms with Gasteiger partial charge in [-0.1, -0.05) is 25.6 Å². The smallest absolute Gasteiger partial charge is 0.129 e. The fourth-order valence-corrected chi connectivity index (χ4v) is 1.72. The van der Waals surface area contributed by atoms with Gasteiger partial charge in [0.2, 0.25) is 0 Å². The van der Waals surface area contributed by atoms with Gasteiger partial charge in [0.15, 0.2) is 0 Å². The van der Waals surface area contributed by atoms with Crippen LogP contribution in [0.4, 0.5) is 0 Å². The SMILES string of the molecule is CCCc1cc(=S)nc(CCCOC)[nH]1. The van der Waals surface area contributed by atoms with Crippen LogP contribution in [0.15, 0.2) is 6.07 Å². The van der Waals surface area contributed by atoms with Gasteiger partial charge in [-0.25, -0.2) is 4.98 Å². The Morgan fingerprint density at radius 3 is 2.93 bits per heavy atom. The Balaban J connectivity index is 2.66. The maximum absolute atomic E-state index is 5.12. The second-order valence-corrected chi connectivity index (χ2v) is 3.96. The molecule has 0 saturated carbocycles. The summed E-state index contributed by atoms with van der Waals surface area (Å²) < 4.78 is 5.69. The highest BCUT2D eigenvalue weighted by Gasteiger charge is 1.98. The molecule has 0 fully saturated rings. The number of H-pyrrole nitrogens is 1. The predicted octanol–water partition coefficient (Wildman–Crippen LogP) is 2.67. The van der Waals surface area contributed by atoms with Crippen LogP contribution in [0.25, 0.3) is 0 Å². The van der Waals surface area contributed by atoms with Crippen molar-refractivity contribution >= 4 is 12.2 Å². The lowest BCUT2D eigenvalue weighted by molar-refractivity contribution is 0.194. The third-order valence-electron chi connectivity index (χ3n) is 2.13. The first-order chi connectivity index (χ1) is 7.26. The number of hydrogen-bond donors (Lipinski definition) is 1. The van der Waals surface area contributed by atoms with Crippen molar-refractivity contribution in [2.45, 2.75) is 32.6 Å². The van der Waals surface area contributed by atoms with Crippen LogP contribution in [0.3, 0.4) is 0 Å². The first-order valence-corrected chi connectivity index (χ1v) is 5.75. The maximum atomic E-state index is 5.12. The van der Waals surface area contributed by atoms with Crippen LogP contribution in [-0.4, -0.2) is 23.7 Å². The second-order valence-electron chi connectivity index (χ2n) is 3.54. The first-order valence-electron chi connectivity index (χ1n) is 5.34. The summed E-state index contributed by atoms with van der Waals surface area (Å²) in [5.41, 5.74) is 1.19. The molecule has 0 aromatic carbocycles. The lowest BCUT2D eigenvalue weighted by Crippen LogP contribution is -2.01. The summed E-state index contributed by atoms with van der Waals surface area (Å²) in [6.07, 6.45) is 4.02. The molecule has 0 bridgehead atoms. The molecule has 1 aromatic rings. The van der Waals surface area contributed by atoms with Crippen molar-refractivity contribution in [1.82, 2.24) is 9.97 Å². The minimum atomic E-state index is 0.685. The van der Waals surface area contributed by atoms with Crippen LogP contribution in [0.2, 0.25) is 0 Å². The molecule has 4 heteroatoms. The molecule has 1 heterocycles. The molecule has 0 unspecified atom stereocenters. The third-order valence-corrected chi connectivity index (χ3v) is 2.34. The summed E-state index contributed by atoms with van der Waals surface area (Å²) >= 11 is 5.12. The van der Waals surface area contributed by atoms with Gasteiger partial charge in [-0.15, -0.1) is 0 Å². The minimum Gasteiger partial charge on any atom is -0.385 e. The fourth-order valence-electron chi connectivity index (χ4n) is 1.47. The molecule has 0 spiro atoms. The van der Waals surface area contributed by atoms with Gasteiger partial charge in [-0.05, 0) is 18.9 Å². The first kappa shape index (κ1) is 12.3. The van der Waals surface area contributed by atoms with Gasteiger partial charge in [0.1, 0.15) is 10.5 Å². The number of aromatic amines is 1. The molecular weight excluding hydrogens is 208 g/mol. The molecule has 0 atom stereocenters. The minimum absolute atomic E-state index is 0.685. The zero-order chi connectivity index (χ0) is 11.1. The van der Waals surface area contributed by atoms with Crippen molar-refractivity contribution in [2.24, 2.45) is 0 Å². The Hall–Kier alpha value is -0.740. The lowest BCUT2D eigenvalue weighted by atomic mass is 10.2. The molecule has 0 aliphatic carbocycles. The summed E-state index contributed by atoms with van der Waals surface area (Å²) in [7, 11) is 1.71. The van der Waals surface area contributed by atoms with E-state index in [1.807, 2.05) is 6.07 Å².